The maximum absolute atomic E-state index is 12.2. The van der Waals surface area contributed by atoms with E-state index in [1.807, 2.05) is 0 Å². The normalized spacial score (nSPS) is 22.7. The molecule has 2 amide bonds. The van der Waals surface area contributed by atoms with E-state index in [4.69, 9.17) is 5.73 Å². The van der Waals surface area contributed by atoms with Gasteiger partial charge in [-0.05, 0) is 31.6 Å². The van der Waals surface area contributed by atoms with Crippen LogP contribution in [0.2, 0.25) is 0 Å². The van der Waals surface area contributed by atoms with Crippen LogP contribution < -0.4 is 11.1 Å². The number of nitrogens with zero attached hydrogens (tertiary/aromatic N) is 1. The summed E-state index contributed by atoms with van der Waals surface area (Å²) < 4.78 is 0. The number of hydrogen-bond acceptors (Lipinski definition) is 3. The molecule has 1 unspecified atom stereocenters. The number of nitrogens with two attached hydrogens (primary N) is 1. The molecule has 2 fully saturated rings. The number of carbonyl (C=O) groups is 2. The van der Waals surface area contributed by atoms with Crippen LogP contribution in [0, 0.1) is 5.92 Å². The lowest BCUT2D eigenvalue weighted by Crippen LogP contribution is -2.49. The Morgan fingerprint density at radius 2 is 1.90 bits per heavy atom. The molecule has 1 aliphatic carbocycles. The lowest BCUT2D eigenvalue weighted by Gasteiger charge is -2.31. The molecular formula is C16H29N3O2. The summed E-state index contributed by atoms with van der Waals surface area (Å²) >= 11 is 0. The summed E-state index contributed by atoms with van der Waals surface area (Å²) in [5.74, 6) is 0.573. The summed E-state index contributed by atoms with van der Waals surface area (Å²) in [5, 5.41) is 3.07. The quantitative estimate of drug-likeness (QED) is 0.805. The van der Waals surface area contributed by atoms with Gasteiger partial charge in [0, 0.05) is 25.6 Å². The van der Waals surface area contributed by atoms with Crippen LogP contribution in [0.3, 0.4) is 0 Å². The molecule has 2 aliphatic rings. The number of amides is 2. The molecule has 0 aromatic heterocycles. The first kappa shape index (κ1) is 16.3. The summed E-state index contributed by atoms with van der Waals surface area (Å²) in [6.45, 7) is 1.40. The average molecular weight is 295 g/mol. The number of nitrogens with one attached hydrogen (secondary N) is 1. The zero-order valence-electron chi connectivity index (χ0n) is 13.0. The van der Waals surface area contributed by atoms with Gasteiger partial charge in [-0.2, -0.15) is 0 Å². The second-order valence-corrected chi connectivity index (χ2v) is 6.43. The third-order valence-electron chi connectivity index (χ3n) is 4.83. The molecule has 0 spiro atoms. The summed E-state index contributed by atoms with van der Waals surface area (Å²) in [7, 11) is 0. The molecule has 0 aromatic carbocycles. The minimum absolute atomic E-state index is 0.0497. The van der Waals surface area contributed by atoms with Crippen molar-refractivity contribution < 1.29 is 9.59 Å². The highest BCUT2D eigenvalue weighted by atomic mass is 16.2. The highest BCUT2D eigenvalue weighted by Gasteiger charge is 2.25. The van der Waals surface area contributed by atoms with E-state index in [1.54, 1.807) is 4.90 Å². The van der Waals surface area contributed by atoms with Crippen LogP contribution in [0.15, 0.2) is 0 Å². The van der Waals surface area contributed by atoms with E-state index in [-0.39, 0.29) is 24.4 Å². The molecule has 0 aromatic rings. The number of rotatable bonds is 5. The van der Waals surface area contributed by atoms with E-state index in [2.05, 4.69) is 5.32 Å². The Bertz CT molecular complexity index is 353. The first-order valence-electron chi connectivity index (χ1n) is 8.48. The Kier molecular flexibility index (Phi) is 6.49. The Labute approximate surface area is 127 Å². The van der Waals surface area contributed by atoms with Gasteiger partial charge in [-0.1, -0.05) is 25.7 Å². The Hall–Kier alpha value is -1.10. The molecular weight excluding hydrogens is 266 g/mol. The number of hydrogen-bond donors (Lipinski definition) is 2. The lowest BCUT2D eigenvalue weighted by molar-refractivity contribution is -0.136. The molecule has 21 heavy (non-hydrogen) atoms. The van der Waals surface area contributed by atoms with Gasteiger partial charge in [0.25, 0.3) is 0 Å². The first-order valence-corrected chi connectivity index (χ1v) is 8.48. The number of carbonyl (C=O) groups excluding carboxylic acids is 2. The zero-order chi connectivity index (χ0) is 15.1. The fourth-order valence-corrected chi connectivity index (χ4v) is 3.54. The average Bonchev–Trinajstić information content (AvgIpc) is 2.71. The van der Waals surface area contributed by atoms with E-state index >= 15 is 0 Å². The van der Waals surface area contributed by atoms with E-state index < -0.39 is 0 Å². The molecule has 0 bridgehead atoms. The van der Waals surface area contributed by atoms with Crippen molar-refractivity contribution in [3.63, 3.8) is 0 Å². The molecule has 5 nitrogen and oxygen atoms in total. The van der Waals surface area contributed by atoms with Crippen LogP contribution >= 0.6 is 0 Å². The molecule has 3 N–H and O–H groups in total. The van der Waals surface area contributed by atoms with E-state index in [0.717, 1.165) is 32.1 Å². The van der Waals surface area contributed by atoms with Crippen molar-refractivity contribution in [2.75, 3.05) is 19.6 Å². The third kappa shape index (κ3) is 4.99. The minimum atomic E-state index is -0.0497. The van der Waals surface area contributed by atoms with Gasteiger partial charge >= 0.3 is 0 Å². The largest absolute Gasteiger partial charge is 0.350 e. The predicted molar refractivity (Wildman–Crippen MR) is 82.6 cm³/mol. The van der Waals surface area contributed by atoms with Gasteiger partial charge in [-0.25, -0.2) is 0 Å². The van der Waals surface area contributed by atoms with Crippen LogP contribution in [0.5, 0.6) is 0 Å². The fourth-order valence-electron chi connectivity index (χ4n) is 3.54. The van der Waals surface area contributed by atoms with Gasteiger partial charge in [0.2, 0.25) is 11.8 Å². The van der Waals surface area contributed by atoms with Gasteiger partial charge in [-0.15, -0.1) is 0 Å². The van der Waals surface area contributed by atoms with Crippen molar-refractivity contribution in [2.24, 2.45) is 11.7 Å². The van der Waals surface area contributed by atoms with E-state index in [0.29, 0.717) is 25.4 Å². The van der Waals surface area contributed by atoms with Crippen LogP contribution in [-0.4, -0.2) is 42.4 Å². The zero-order valence-corrected chi connectivity index (χ0v) is 13.0. The number of likely N-dealkylation sites (tertiary alicyclic amines) is 1. The summed E-state index contributed by atoms with van der Waals surface area (Å²) in [6.07, 6.45) is 9.70. The standard InChI is InChI=1S/C16H29N3O2/c17-11-14(13-7-3-1-4-8-13)18-15(20)12-19-10-6-2-5-9-16(19)21/h13-14H,1-12,17H2,(H,18,20). The molecule has 0 radical (unpaired) electrons. The SMILES string of the molecule is NCC(NC(=O)CN1CCCCCC1=O)C1CCCCC1. The van der Waals surface area contributed by atoms with Crippen molar-refractivity contribution in [1.29, 1.82) is 0 Å². The molecule has 1 heterocycles. The second-order valence-electron chi connectivity index (χ2n) is 6.43. The van der Waals surface area contributed by atoms with E-state index in [1.165, 1.54) is 19.3 Å². The molecule has 120 valence electrons. The third-order valence-corrected chi connectivity index (χ3v) is 4.83. The topological polar surface area (TPSA) is 75.4 Å². The minimum Gasteiger partial charge on any atom is -0.350 e. The van der Waals surface area contributed by atoms with Crippen LogP contribution in [0.4, 0.5) is 0 Å². The van der Waals surface area contributed by atoms with Gasteiger partial charge in [0.1, 0.15) is 0 Å². The molecule has 1 aliphatic heterocycles. The Morgan fingerprint density at radius 3 is 2.62 bits per heavy atom. The molecule has 2 rings (SSSR count). The van der Waals surface area contributed by atoms with Crippen LogP contribution in [0.25, 0.3) is 0 Å². The van der Waals surface area contributed by atoms with E-state index in [9.17, 15) is 9.59 Å². The molecule has 1 saturated heterocycles. The highest BCUT2D eigenvalue weighted by molar-refractivity contribution is 5.85. The van der Waals surface area contributed by atoms with Crippen molar-refractivity contribution in [2.45, 2.75) is 63.8 Å². The highest BCUT2D eigenvalue weighted by Crippen LogP contribution is 2.26. The van der Waals surface area contributed by atoms with Crippen LogP contribution in [-0.2, 0) is 9.59 Å². The predicted octanol–water partition coefficient (Wildman–Crippen LogP) is 1.41. The maximum Gasteiger partial charge on any atom is 0.239 e. The fraction of sp³-hybridized carbons (Fsp3) is 0.875. The van der Waals surface area contributed by atoms with Gasteiger partial charge < -0.3 is 16.0 Å². The monoisotopic (exact) mass is 295 g/mol. The second kappa shape index (κ2) is 8.37. The Morgan fingerprint density at radius 1 is 1.19 bits per heavy atom. The first-order chi connectivity index (χ1) is 10.2. The van der Waals surface area contributed by atoms with Crippen molar-refractivity contribution in [3.05, 3.63) is 0 Å². The van der Waals surface area contributed by atoms with Gasteiger partial charge in [-0.3, -0.25) is 9.59 Å². The molecule has 1 atom stereocenters. The van der Waals surface area contributed by atoms with Crippen molar-refractivity contribution in [1.82, 2.24) is 10.2 Å². The van der Waals surface area contributed by atoms with Crippen molar-refractivity contribution >= 4 is 11.8 Å². The van der Waals surface area contributed by atoms with Crippen LogP contribution in [0.1, 0.15) is 57.8 Å². The smallest absolute Gasteiger partial charge is 0.239 e. The summed E-state index contributed by atoms with van der Waals surface area (Å²) in [5.41, 5.74) is 5.84. The summed E-state index contributed by atoms with van der Waals surface area (Å²) in [6, 6.07) is 0.0693. The van der Waals surface area contributed by atoms with Gasteiger partial charge in [0.05, 0.1) is 6.54 Å². The lowest BCUT2D eigenvalue weighted by atomic mass is 9.84. The molecule has 1 saturated carbocycles. The summed E-state index contributed by atoms with van der Waals surface area (Å²) in [4.78, 5) is 25.9. The van der Waals surface area contributed by atoms with Gasteiger partial charge in [0.15, 0.2) is 0 Å². The van der Waals surface area contributed by atoms with Crippen molar-refractivity contribution in [3.8, 4) is 0 Å². The Balaban J connectivity index is 1.82. The maximum atomic E-state index is 12.2. The molecule has 5 heteroatoms.